The normalized spacial score (nSPS) is 17.9. The number of nitrogens with zero attached hydrogens (tertiary/aromatic N) is 1. The predicted molar refractivity (Wildman–Crippen MR) is 81.8 cm³/mol. The van der Waals surface area contributed by atoms with Crippen LogP contribution in [-0.4, -0.2) is 17.4 Å². The molecule has 1 atom stereocenters. The molecule has 1 unspecified atom stereocenters. The van der Waals surface area contributed by atoms with Crippen molar-refractivity contribution < 1.29 is 4.79 Å². The molecule has 0 spiro atoms. The fraction of sp³-hybridized carbons (Fsp3) is 0.312. The number of benzene rings is 1. The van der Waals surface area contributed by atoms with Gasteiger partial charge in [0.2, 0.25) is 0 Å². The summed E-state index contributed by atoms with van der Waals surface area (Å²) in [6.45, 7) is 3.41. The molecular formula is C16H18N2OS. The van der Waals surface area contributed by atoms with Gasteiger partial charge in [-0.25, -0.2) is 0 Å². The third kappa shape index (κ3) is 2.25. The molecule has 0 radical (unpaired) electrons. The van der Waals surface area contributed by atoms with Gasteiger partial charge in [-0.3, -0.25) is 4.79 Å². The second-order valence-electron chi connectivity index (χ2n) is 5.12. The van der Waals surface area contributed by atoms with Gasteiger partial charge in [0.25, 0.3) is 5.91 Å². The number of amides is 1. The van der Waals surface area contributed by atoms with Gasteiger partial charge in [-0.15, -0.1) is 11.3 Å². The van der Waals surface area contributed by atoms with Crippen molar-refractivity contribution in [1.29, 1.82) is 0 Å². The van der Waals surface area contributed by atoms with Crippen LogP contribution in [0.3, 0.4) is 0 Å². The first-order valence-corrected chi connectivity index (χ1v) is 7.75. The van der Waals surface area contributed by atoms with E-state index in [4.69, 9.17) is 5.73 Å². The molecule has 0 saturated heterocycles. The van der Waals surface area contributed by atoms with E-state index in [0.717, 1.165) is 24.1 Å². The second kappa shape index (κ2) is 5.38. The fourth-order valence-corrected chi connectivity index (χ4v) is 3.70. The van der Waals surface area contributed by atoms with Gasteiger partial charge in [-0.1, -0.05) is 12.1 Å². The molecule has 104 valence electrons. The summed E-state index contributed by atoms with van der Waals surface area (Å²) in [5, 5.41) is 2.12. The number of fused-ring (bicyclic) bond motifs is 1. The van der Waals surface area contributed by atoms with Crippen molar-refractivity contribution in [3.63, 3.8) is 0 Å². The Bertz CT molecular complexity index is 618. The van der Waals surface area contributed by atoms with Gasteiger partial charge < -0.3 is 10.6 Å². The van der Waals surface area contributed by atoms with E-state index in [-0.39, 0.29) is 11.9 Å². The zero-order valence-corrected chi connectivity index (χ0v) is 12.3. The lowest BCUT2D eigenvalue weighted by Crippen LogP contribution is -2.38. The van der Waals surface area contributed by atoms with Crippen molar-refractivity contribution >= 4 is 17.2 Å². The molecule has 1 aromatic carbocycles. The first kappa shape index (κ1) is 13.3. The molecule has 0 aliphatic carbocycles. The molecule has 2 heterocycles. The summed E-state index contributed by atoms with van der Waals surface area (Å²) in [5.74, 6) is 0.109. The Morgan fingerprint density at radius 1 is 1.35 bits per heavy atom. The summed E-state index contributed by atoms with van der Waals surface area (Å²) >= 11 is 1.79. The lowest BCUT2D eigenvalue weighted by Gasteiger charge is -2.33. The molecule has 0 saturated carbocycles. The smallest absolute Gasteiger partial charge is 0.254 e. The minimum absolute atomic E-state index is 0.109. The molecule has 1 aliphatic rings. The Kier molecular flexibility index (Phi) is 3.59. The lowest BCUT2D eigenvalue weighted by molar-refractivity contribution is 0.0679. The van der Waals surface area contributed by atoms with Crippen LogP contribution in [0.25, 0.3) is 0 Å². The third-order valence-corrected chi connectivity index (χ3v) is 4.97. The number of rotatable bonds is 2. The monoisotopic (exact) mass is 286 g/mol. The summed E-state index contributed by atoms with van der Waals surface area (Å²) < 4.78 is 0. The van der Waals surface area contributed by atoms with Gasteiger partial charge in [0.15, 0.2) is 0 Å². The third-order valence-electron chi connectivity index (χ3n) is 3.97. The van der Waals surface area contributed by atoms with Crippen molar-refractivity contribution in [2.45, 2.75) is 25.9 Å². The first-order chi connectivity index (χ1) is 9.70. The molecule has 0 fully saturated rings. The second-order valence-corrected chi connectivity index (χ2v) is 6.13. The minimum atomic E-state index is 0.109. The van der Waals surface area contributed by atoms with E-state index in [9.17, 15) is 4.79 Å². The molecule has 2 aromatic rings. The zero-order valence-electron chi connectivity index (χ0n) is 11.5. The SMILES string of the molecule is CC1c2ccsc2CCN1C(=O)c1ccc(CN)cc1. The number of carbonyl (C=O) groups excluding carboxylic acids is 1. The standard InChI is InChI=1S/C16H18N2OS/c1-11-14-7-9-20-15(14)6-8-18(11)16(19)13-4-2-12(10-17)3-5-13/h2-5,7,9,11H,6,8,10,17H2,1H3. The Morgan fingerprint density at radius 3 is 2.80 bits per heavy atom. The van der Waals surface area contributed by atoms with E-state index in [1.54, 1.807) is 11.3 Å². The molecule has 3 nitrogen and oxygen atoms in total. The Labute approximate surface area is 123 Å². The Hall–Kier alpha value is -1.65. The van der Waals surface area contributed by atoms with Crippen LogP contribution in [-0.2, 0) is 13.0 Å². The maximum Gasteiger partial charge on any atom is 0.254 e. The summed E-state index contributed by atoms with van der Waals surface area (Å²) in [7, 11) is 0. The lowest BCUT2D eigenvalue weighted by atomic mass is 10.00. The van der Waals surface area contributed by atoms with Crippen LogP contribution < -0.4 is 5.73 Å². The van der Waals surface area contributed by atoms with Crippen LogP contribution >= 0.6 is 11.3 Å². The van der Waals surface area contributed by atoms with Crippen molar-refractivity contribution in [1.82, 2.24) is 4.90 Å². The highest BCUT2D eigenvalue weighted by Crippen LogP contribution is 2.33. The van der Waals surface area contributed by atoms with E-state index in [1.165, 1.54) is 10.4 Å². The molecule has 3 rings (SSSR count). The quantitative estimate of drug-likeness (QED) is 0.922. The maximum absolute atomic E-state index is 12.6. The van der Waals surface area contributed by atoms with Crippen molar-refractivity contribution in [3.05, 3.63) is 57.3 Å². The van der Waals surface area contributed by atoms with Gasteiger partial charge >= 0.3 is 0 Å². The predicted octanol–water partition coefficient (Wildman–Crippen LogP) is 2.97. The van der Waals surface area contributed by atoms with Gasteiger partial charge in [-0.05, 0) is 48.1 Å². The molecule has 4 heteroatoms. The van der Waals surface area contributed by atoms with Crippen LogP contribution in [0.2, 0.25) is 0 Å². The van der Waals surface area contributed by atoms with Crippen molar-refractivity contribution in [3.8, 4) is 0 Å². The van der Waals surface area contributed by atoms with E-state index in [0.29, 0.717) is 6.54 Å². The van der Waals surface area contributed by atoms with Crippen molar-refractivity contribution in [2.24, 2.45) is 5.73 Å². The summed E-state index contributed by atoms with van der Waals surface area (Å²) in [4.78, 5) is 16.0. The number of hydrogen-bond donors (Lipinski definition) is 1. The van der Waals surface area contributed by atoms with Gasteiger partial charge in [0.1, 0.15) is 0 Å². The van der Waals surface area contributed by atoms with E-state index < -0.39 is 0 Å². The van der Waals surface area contributed by atoms with Gasteiger partial charge in [-0.2, -0.15) is 0 Å². The zero-order chi connectivity index (χ0) is 14.1. The molecular weight excluding hydrogens is 268 g/mol. The number of carbonyl (C=O) groups is 1. The summed E-state index contributed by atoms with van der Waals surface area (Å²) in [6.07, 6.45) is 0.962. The molecule has 2 N–H and O–H groups in total. The summed E-state index contributed by atoms with van der Waals surface area (Å²) in [5.41, 5.74) is 8.68. The van der Waals surface area contributed by atoms with Crippen LogP contribution in [0.5, 0.6) is 0 Å². The Balaban J connectivity index is 1.84. The fourth-order valence-electron chi connectivity index (χ4n) is 2.74. The van der Waals surface area contributed by atoms with Gasteiger partial charge in [0, 0.05) is 23.5 Å². The van der Waals surface area contributed by atoms with E-state index in [2.05, 4.69) is 18.4 Å². The van der Waals surface area contributed by atoms with Gasteiger partial charge in [0.05, 0.1) is 6.04 Å². The number of nitrogens with two attached hydrogens (primary N) is 1. The first-order valence-electron chi connectivity index (χ1n) is 6.87. The average Bonchev–Trinajstić information content (AvgIpc) is 2.96. The van der Waals surface area contributed by atoms with E-state index >= 15 is 0 Å². The average molecular weight is 286 g/mol. The molecule has 1 aliphatic heterocycles. The van der Waals surface area contributed by atoms with Crippen LogP contribution in [0, 0.1) is 0 Å². The number of hydrogen-bond acceptors (Lipinski definition) is 3. The van der Waals surface area contributed by atoms with Crippen LogP contribution in [0.1, 0.15) is 39.3 Å². The highest BCUT2D eigenvalue weighted by Gasteiger charge is 2.28. The summed E-state index contributed by atoms with van der Waals surface area (Å²) in [6, 6.07) is 9.91. The molecule has 0 bridgehead atoms. The Morgan fingerprint density at radius 2 is 2.10 bits per heavy atom. The van der Waals surface area contributed by atoms with Crippen LogP contribution in [0.4, 0.5) is 0 Å². The number of thiophene rings is 1. The van der Waals surface area contributed by atoms with E-state index in [1.807, 2.05) is 29.2 Å². The molecule has 1 aromatic heterocycles. The van der Waals surface area contributed by atoms with Crippen molar-refractivity contribution in [2.75, 3.05) is 6.54 Å². The highest BCUT2D eigenvalue weighted by atomic mass is 32.1. The highest BCUT2D eigenvalue weighted by molar-refractivity contribution is 7.10. The molecule has 1 amide bonds. The topological polar surface area (TPSA) is 46.3 Å². The minimum Gasteiger partial charge on any atom is -0.331 e. The van der Waals surface area contributed by atoms with Crippen LogP contribution in [0.15, 0.2) is 35.7 Å². The maximum atomic E-state index is 12.6. The largest absolute Gasteiger partial charge is 0.331 e. The molecule has 20 heavy (non-hydrogen) atoms.